The average Bonchev–Trinajstić information content (AvgIpc) is 3.26. The first-order valence-corrected chi connectivity index (χ1v) is 10.6. The fourth-order valence-corrected chi connectivity index (χ4v) is 5.66. The van der Waals surface area contributed by atoms with Crippen molar-refractivity contribution in [2.45, 2.75) is 24.1 Å². The second kappa shape index (κ2) is 7.44. The Hall–Kier alpha value is -2.18. The number of carbonyl (C=O) groups excluding carboxylic acids is 1. The first kappa shape index (κ1) is 18.2. The summed E-state index contributed by atoms with van der Waals surface area (Å²) in [6, 6.07) is 14.3. The number of hydrogen-bond acceptors (Lipinski definition) is 5. The molecule has 2 aromatic carbocycles. The zero-order valence-corrected chi connectivity index (χ0v) is 17.1. The van der Waals surface area contributed by atoms with Crippen molar-refractivity contribution in [3.8, 4) is 11.5 Å². The molecule has 4 rings (SSSR count). The number of benzene rings is 2. The van der Waals surface area contributed by atoms with Gasteiger partial charge in [0.1, 0.15) is 16.9 Å². The lowest BCUT2D eigenvalue weighted by atomic mass is 10.1. The smallest absolute Gasteiger partial charge is 0.236 e. The van der Waals surface area contributed by atoms with Gasteiger partial charge in [0.2, 0.25) is 5.91 Å². The summed E-state index contributed by atoms with van der Waals surface area (Å²) in [6.45, 7) is 2.53. The highest BCUT2D eigenvalue weighted by molar-refractivity contribution is 8.01. The molecule has 3 aromatic rings. The van der Waals surface area contributed by atoms with Crippen LogP contribution in [0.25, 0.3) is 10.1 Å². The van der Waals surface area contributed by atoms with Crippen LogP contribution in [0.5, 0.6) is 11.5 Å². The number of rotatable bonds is 5. The van der Waals surface area contributed by atoms with Crippen LogP contribution in [0, 0.1) is 0 Å². The van der Waals surface area contributed by atoms with Crippen LogP contribution >= 0.6 is 23.1 Å². The number of ether oxygens (including phenoxy) is 2. The molecule has 2 atom stereocenters. The first-order valence-electron chi connectivity index (χ1n) is 8.75. The number of carbonyl (C=O) groups is 1. The highest BCUT2D eigenvalue weighted by atomic mass is 32.2. The van der Waals surface area contributed by atoms with Crippen molar-refractivity contribution >= 4 is 39.1 Å². The Morgan fingerprint density at radius 3 is 2.52 bits per heavy atom. The zero-order chi connectivity index (χ0) is 19.0. The normalized spacial score (nSPS) is 19.7. The van der Waals surface area contributed by atoms with Gasteiger partial charge in [-0.05, 0) is 47.5 Å². The number of methoxy groups -OCH3 is 2. The van der Waals surface area contributed by atoms with Gasteiger partial charge in [0.05, 0.1) is 25.0 Å². The molecule has 6 heteroatoms. The largest absolute Gasteiger partial charge is 0.496 e. The summed E-state index contributed by atoms with van der Waals surface area (Å²) in [5.74, 6) is 1.63. The Balaban J connectivity index is 1.73. The number of thiophene rings is 1. The monoisotopic (exact) mass is 399 g/mol. The molecule has 0 aliphatic carbocycles. The molecule has 0 spiro atoms. The second-order valence-corrected chi connectivity index (χ2v) is 8.84. The summed E-state index contributed by atoms with van der Waals surface area (Å²) in [4.78, 5) is 14.9. The standard InChI is InChI=1S/C21H21NO3S2/c1-13-20(23)22(12-14-7-8-15-9-10-26-18(15)11-14)21(27-13)19-16(24-2)5-4-6-17(19)25-3/h4-11,13,21H,12H2,1-3H3. The number of thioether (sulfide) groups is 1. The van der Waals surface area contributed by atoms with E-state index in [1.165, 1.54) is 10.1 Å². The van der Waals surface area contributed by atoms with Crippen molar-refractivity contribution in [1.82, 2.24) is 4.90 Å². The van der Waals surface area contributed by atoms with Gasteiger partial charge in [-0.15, -0.1) is 23.1 Å². The quantitative estimate of drug-likeness (QED) is 0.600. The Morgan fingerprint density at radius 2 is 1.81 bits per heavy atom. The minimum Gasteiger partial charge on any atom is -0.496 e. The highest BCUT2D eigenvalue weighted by Gasteiger charge is 2.41. The zero-order valence-electron chi connectivity index (χ0n) is 15.5. The van der Waals surface area contributed by atoms with Crippen molar-refractivity contribution in [2.75, 3.05) is 14.2 Å². The Bertz CT molecular complexity index is 962. The Morgan fingerprint density at radius 1 is 1.07 bits per heavy atom. The van der Waals surface area contributed by atoms with Gasteiger partial charge in [-0.3, -0.25) is 4.79 Å². The van der Waals surface area contributed by atoms with Gasteiger partial charge < -0.3 is 14.4 Å². The number of fused-ring (bicyclic) bond motifs is 1. The Labute approximate surface area is 167 Å². The van der Waals surface area contributed by atoms with Gasteiger partial charge in [-0.25, -0.2) is 0 Å². The van der Waals surface area contributed by atoms with Gasteiger partial charge in [-0.1, -0.05) is 18.2 Å². The maximum atomic E-state index is 12.9. The molecule has 0 bridgehead atoms. The van der Waals surface area contributed by atoms with Crippen LogP contribution in [0.4, 0.5) is 0 Å². The van der Waals surface area contributed by atoms with E-state index in [9.17, 15) is 4.79 Å². The van der Waals surface area contributed by atoms with Crippen molar-refractivity contribution in [2.24, 2.45) is 0 Å². The van der Waals surface area contributed by atoms with Gasteiger partial charge in [0.25, 0.3) is 0 Å². The lowest BCUT2D eigenvalue weighted by molar-refractivity contribution is -0.130. The molecule has 2 heterocycles. The van der Waals surface area contributed by atoms with Gasteiger partial charge >= 0.3 is 0 Å². The molecule has 1 aromatic heterocycles. The maximum absolute atomic E-state index is 12.9. The third-order valence-electron chi connectivity index (χ3n) is 4.83. The van der Waals surface area contributed by atoms with Crippen LogP contribution in [0.2, 0.25) is 0 Å². The summed E-state index contributed by atoms with van der Waals surface area (Å²) < 4.78 is 12.4. The van der Waals surface area contributed by atoms with E-state index < -0.39 is 0 Å². The van der Waals surface area contributed by atoms with Crippen molar-refractivity contribution < 1.29 is 14.3 Å². The van der Waals surface area contributed by atoms with E-state index in [0.717, 1.165) is 22.6 Å². The lowest BCUT2D eigenvalue weighted by Crippen LogP contribution is -2.30. The lowest BCUT2D eigenvalue weighted by Gasteiger charge is -2.27. The third kappa shape index (κ3) is 3.28. The molecule has 140 valence electrons. The number of hydrogen-bond donors (Lipinski definition) is 0. The number of amides is 1. The van der Waals surface area contributed by atoms with Crippen LogP contribution < -0.4 is 9.47 Å². The molecule has 1 amide bonds. The maximum Gasteiger partial charge on any atom is 0.236 e. The SMILES string of the molecule is COc1cccc(OC)c1C1SC(C)C(=O)N1Cc1ccc2ccsc2c1. The van der Waals surface area contributed by atoms with Crippen LogP contribution in [-0.2, 0) is 11.3 Å². The van der Waals surface area contributed by atoms with Crippen LogP contribution in [-0.4, -0.2) is 30.3 Å². The molecule has 1 aliphatic rings. The molecule has 0 saturated carbocycles. The van der Waals surface area contributed by atoms with E-state index in [1.807, 2.05) is 30.0 Å². The minimum absolute atomic E-state index is 0.102. The van der Waals surface area contributed by atoms with E-state index in [-0.39, 0.29) is 16.5 Å². The second-order valence-electron chi connectivity index (χ2n) is 6.47. The average molecular weight is 400 g/mol. The number of nitrogens with zero attached hydrogens (tertiary/aromatic N) is 1. The molecule has 2 unspecified atom stereocenters. The first-order chi connectivity index (χ1) is 13.1. The van der Waals surface area contributed by atoms with Crippen LogP contribution in [0.1, 0.15) is 23.4 Å². The van der Waals surface area contributed by atoms with Crippen molar-refractivity contribution in [1.29, 1.82) is 0 Å². The van der Waals surface area contributed by atoms with E-state index in [1.54, 1.807) is 37.3 Å². The summed E-state index contributed by atoms with van der Waals surface area (Å²) in [5.41, 5.74) is 2.05. The molecule has 27 heavy (non-hydrogen) atoms. The van der Waals surface area contributed by atoms with E-state index in [4.69, 9.17) is 9.47 Å². The van der Waals surface area contributed by atoms with Crippen molar-refractivity contribution in [3.05, 3.63) is 59.0 Å². The van der Waals surface area contributed by atoms with Gasteiger partial charge in [0.15, 0.2) is 0 Å². The molecular weight excluding hydrogens is 378 g/mol. The summed E-state index contributed by atoms with van der Waals surface area (Å²) in [6.07, 6.45) is 0. The molecule has 1 fully saturated rings. The fraction of sp³-hybridized carbons (Fsp3) is 0.286. The van der Waals surface area contributed by atoms with Gasteiger partial charge in [-0.2, -0.15) is 0 Å². The molecular formula is C21H21NO3S2. The molecule has 1 aliphatic heterocycles. The fourth-order valence-electron chi connectivity index (χ4n) is 3.48. The highest BCUT2D eigenvalue weighted by Crippen LogP contribution is 2.49. The molecule has 1 saturated heterocycles. The van der Waals surface area contributed by atoms with E-state index in [2.05, 4.69) is 29.6 Å². The van der Waals surface area contributed by atoms with E-state index >= 15 is 0 Å². The predicted octanol–water partition coefficient (Wildman–Crippen LogP) is 5.08. The molecule has 4 nitrogen and oxygen atoms in total. The summed E-state index contributed by atoms with van der Waals surface area (Å²) >= 11 is 3.36. The van der Waals surface area contributed by atoms with E-state index in [0.29, 0.717) is 6.54 Å². The van der Waals surface area contributed by atoms with Crippen molar-refractivity contribution in [3.63, 3.8) is 0 Å². The van der Waals surface area contributed by atoms with Crippen LogP contribution in [0.15, 0.2) is 47.8 Å². The van der Waals surface area contributed by atoms with Gasteiger partial charge in [0, 0.05) is 11.2 Å². The third-order valence-corrected chi connectivity index (χ3v) is 7.07. The van der Waals surface area contributed by atoms with Crippen LogP contribution in [0.3, 0.4) is 0 Å². The summed E-state index contributed by atoms with van der Waals surface area (Å²) in [7, 11) is 3.30. The predicted molar refractivity (Wildman–Crippen MR) is 112 cm³/mol. The molecule has 0 N–H and O–H groups in total. The summed E-state index contributed by atoms with van der Waals surface area (Å²) in [5, 5.41) is 3.09. The Kier molecular flexibility index (Phi) is 5.02. The minimum atomic E-state index is -0.141. The topological polar surface area (TPSA) is 38.8 Å². The molecule has 0 radical (unpaired) electrons.